The van der Waals surface area contributed by atoms with Gasteiger partial charge in [-0.3, -0.25) is 0 Å². The molecule has 0 saturated heterocycles. The summed E-state index contributed by atoms with van der Waals surface area (Å²) < 4.78 is 20.4. The SMILES string of the molecule is CCn1ccnc1Oc1ccccc1F. The first kappa shape index (κ1) is 9.71. The van der Waals surface area contributed by atoms with Crippen molar-refractivity contribution in [1.82, 2.24) is 9.55 Å². The van der Waals surface area contributed by atoms with Gasteiger partial charge in [-0.25, -0.2) is 9.37 Å². The van der Waals surface area contributed by atoms with E-state index in [1.807, 2.05) is 6.92 Å². The second kappa shape index (κ2) is 4.13. The van der Waals surface area contributed by atoms with Crippen molar-refractivity contribution in [3.8, 4) is 11.8 Å². The maximum absolute atomic E-state index is 13.3. The normalized spacial score (nSPS) is 10.3. The third-order valence-electron chi connectivity index (χ3n) is 2.06. The summed E-state index contributed by atoms with van der Waals surface area (Å²) in [7, 11) is 0. The Balaban J connectivity index is 2.26. The zero-order chi connectivity index (χ0) is 10.7. The van der Waals surface area contributed by atoms with E-state index in [0.717, 1.165) is 6.54 Å². The molecule has 0 aliphatic rings. The summed E-state index contributed by atoms with van der Waals surface area (Å²) in [6.45, 7) is 2.71. The monoisotopic (exact) mass is 206 g/mol. The minimum Gasteiger partial charge on any atom is -0.422 e. The molecule has 0 atom stereocenters. The predicted octanol–water partition coefficient (Wildman–Crippen LogP) is 2.83. The van der Waals surface area contributed by atoms with Gasteiger partial charge in [0.05, 0.1) is 0 Å². The Hall–Kier alpha value is -1.84. The van der Waals surface area contributed by atoms with Crippen molar-refractivity contribution < 1.29 is 9.13 Å². The maximum atomic E-state index is 13.3. The minimum absolute atomic E-state index is 0.193. The number of ether oxygens (including phenoxy) is 1. The fraction of sp³-hybridized carbons (Fsp3) is 0.182. The van der Waals surface area contributed by atoms with Crippen LogP contribution in [0.1, 0.15) is 6.92 Å². The van der Waals surface area contributed by atoms with Gasteiger partial charge < -0.3 is 9.30 Å². The molecule has 0 bridgehead atoms. The zero-order valence-corrected chi connectivity index (χ0v) is 8.35. The van der Waals surface area contributed by atoms with E-state index >= 15 is 0 Å². The lowest BCUT2D eigenvalue weighted by molar-refractivity contribution is 0.390. The molecule has 0 aliphatic heterocycles. The Morgan fingerprint density at radius 3 is 2.93 bits per heavy atom. The lowest BCUT2D eigenvalue weighted by Gasteiger charge is -2.06. The summed E-state index contributed by atoms with van der Waals surface area (Å²) in [5.74, 6) is -0.193. The van der Waals surface area contributed by atoms with Crippen molar-refractivity contribution in [2.45, 2.75) is 13.5 Å². The predicted molar refractivity (Wildman–Crippen MR) is 54.4 cm³/mol. The minimum atomic E-state index is -0.386. The van der Waals surface area contributed by atoms with E-state index < -0.39 is 0 Å². The molecule has 2 aromatic rings. The molecule has 0 amide bonds. The van der Waals surface area contributed by atoms with Gasteiger partial charge in [0.2, 0.25) is 0 Å². The van der Waals surface area contributed by atoms with Crippen LogP contribution in [-0.4, -0.2) is 9.55 Å². The number of rotatable bonds is 3. The van der Waals surface area contributed by atoms with E-state index in [0.29, 0.717) is 6.01 Å². The molecular weight excluding hydrogens is 195 g/mol. The first-order valence-corrected chi connectivity index (χ1v) is 4.74. The molecule has 1 aromatic carbocycles. The van der Waals surface area contributed by atoms with Crippen LogP contribution in [0.25, 0.3) is 0 Å². The van der Waals surface area contributed by atoms with Crippen LogP contribution in [-0.2, 0) is 6.54 Å². The van der Waals surface area contributed by atoms with Gasteiger partial charge in [-0.1, -0.05) is 12.1 Å². The van der Waals surface area contributed by atoms with Gasteiger partial charge in [-0.2, -0.15) is 0 Å². The van der Waals surface area contributed by atoms with E-state index in [4.69, 9.17) is 4.74 Å². The second-order valence-electron chi connectivity index (χ2n) is 3.03. The average Bonchev–Trinajstić information content (AvgIpc) is 2.69. The van der Waals surface area contributed by atoms with E-state index in [-0.39, 0.29) is 11.6 Å². The van der Waals surface area contributed by atoms with Crippen LogP contribution in [0.4, 0.5) is 4.39 Å². The molecule has 2 rings (SSSR count). The number of imidazole rings is 1. The van der Waals surface area contributed by atoms with E-state index in [2.05, 4.69) is 4.98 Å². The Bertz CT molecular complexity index is 453. The van der Waals surface area contributed by atoms with Gasteiger partial charge in [0.25, 0.3) is 0 Å². The highest BCUT2D eigenvalue weighted by Gasteiger charge is 2.07. The number of hydrogen-bond donors (Lipinski definition) is 0. The zero-order valence-electron chi connectivity index (χ0n) is 8.35. The van der Waals surface area contributed by atoms with Crippen LogP contribution < -0.4 is 4.74 Å². The molecule has 3 nitrogen and oxygen atoms in total. The lowest BCUT2D eigenvalue weighted by atomic mass is 10.3. The van der Waals surface area contributed by atoms with E-state index in [1.165, 1.54) is 6.07 Å². The standard InChI is InChI=1S/C11H11FN2O/c1-2-14-8-7-13-11(14)15-10-6-4-3-5-9(10)12/h3-8H,2H2,1H3. The van der Waals surface area contributed by atoms with Crippen LogP contribution in [0.5, 0.6) is 11.8 Å². The third kappa shape index (κ3) is 1.98. The van der Waals surface area contributed by atoms with Crippen LogP contribution in [0, 0.1) is 5.82 Å². The van der Waals surface area contributed by atoms with Crippen molar-refractivity contribution in [2.24, 2.45) is 0 Å². The van der Waals surface area contributed by atoms with Gasteiger partial charge in [0, 0.05) is 18.9 Å². The maximum Gasteiger partial charge on any atom is 0.301 e. The number of para-hydroxylation sites is 1. The molecular formula is C11H11FN2O. The van der Waals surface area contributed by atoms with Crippen LogP contribution in [0.15, 0.2) is 36.7 Å². The smallest absolute Gasteiger partial charge is 0.301 e. The molecule has 4 heteroatoms. The Kier molecular flexibility index (Phi) is 2.67. The number of halogens is 1. The molecule has 0 fully saturated rings. The van der Waals surface area contributed by atoms with E-state index in [1.54, 1.807) is 35.2 Å². The van der Waals surface area contributed by atoms with Gasteiger partial charge >= 0.3 is 6.01 Å². The van der Waals surface area contributed by atoms with Crippen LogP contribution >= 0.6 is 0 Å². The number of aryl methyl sites for hydroxylation is 1. The molecule has 78 valence electrons. The Morgan fingerprint density at radius 2 is 2.20 bits per heavy atom. The molecule has 0 unspecified atom stereocenters. The summed E-state index contributed by atoms with van der Waals surface area (Å²) >= 11 is 0. The van der Waals surface area contributed by atoms with Crippen molar-refractivity contribution >= 4 is 0 Å². The second-order valence-corrected chi connectivity index (χ2v) is 3.03. The first-order valence-electron chi connectivity index (χ1n) is 4.74. The van der Waals surface area contributed by atoms with Crippen molar-refractivity contribution in [3.63, 3.8) is 0 Å². The van der Waals surface area contributed by atoms with Crippen LogP contribution in [0.2, 0.25) is 0 Å². The fourth-order valence-electron chi connectivity index (χ4n) is 1.27. The summed E-state index contributed by atoms with van der Waals surface area (Å²) in [6.07, 6.45) is 3.41. The van der Waals surface area contributed by atoms with Crippen molar-refractivity contribution in [1.29, 1.82) is 0 Å². The summed E-state index contributed by atoms with van der Waals surface area (Å²) in [6, 6.07) is 6.67. The first-order chi connectivity index (χ1) is 7.31. The molecule has 15 heavy (non-hydrogen) atoms. The van der Waals surface area contributed by atoms with Crippen molar-refractivity contribution in [3.05, 3.63) is 42.5 Å². The summed E-state index contributed by atoms with van der Waals surface area (Å²) in [5, 5.41) is 0. The quantitative estimate of drug-likeness (QED) is 0.772. The Morgan fingerprint density at radius 1 is 1.40 bits per heavy atom. The molecule has 1 aromatic heterocycles. The Labute approximate surface area is 87.1 Å². The summed E-state index contributed by atoms with van der Waals surface area (Å²) in [5.41, 5.74) is 0. The molecule has 0 radical (unpaired) electrons. The highest BCUT2D eigenvalue weighted by molar-refractivity contribution is 5.26. The summed E-state index contributed by atoms with van der Waals surface area (Å²) in [4.78, 5) is 4.00. The third-order valence-corrected chi connectivity index (χ3v) is 2.06. The van der Waals surface area contributed by atoms with Gasteiger partial charge in [0.15, 0.2) is 11.6 Å². The number of aromatic nitrogens is 2. The highest BCUT2D eigenvalue weighted by Crippen LogP contribution is 2.22. The molecule has 0 spiro atoms. The lowest BCUT2D eigenvalue weighted by Crippen LogP contribution is -1.98. The number of hydrogen-bond acceptors (Lipinski definition) is 2. The molecule has 0 N–H and O–H groups in total. The topological polar surface area (TPSA) is 27.1 Å². The number of benzene rings is 1. The van der Waals surface area contributed by atoms with Gasteiger partial charge in [0.1, 0.15) is 0 Å². The van der Waals surface area contributed by atoms with Crippen LogP contribution in [0.3, 0.4) is 0 Å². The largest absolute Gasteiger partial charge is 0.422 e. The molecule has 1 heterocycles. The number of nitrogens with zero attached hydrogens (tertiary/aromatic N) is 2. The average molecular weight is 206 g/mol. The van der Waals surface area contributed by atoms with Gasteiger partial charge in [-0.15, -0.1) is 0 Å². The van der Waals surface area contributed by atoms with Gasteiger partial charge in [-0.05, 0) is 19.1 Å². The molecule has 0 aliphatic carbocycles. The molecule has 0 saturated carbocycles. The fourth-order valence-corrected chi connectivity index (χ4v) is 1.27. The van der Waals surface area contributed by atoms with E-state index in [9.17, 15) is 4.39 Å². The van der Waals surface area contributed by atoms with Crippen molar-refractivity contribution in [2.75, 3.05) is 0 Å². The highest BCUT2D eigenvalue weighted by atomic mass is 19.1.